The summed E-state index contributed by atoms with van der Waals surface area (Å²) in [4.78, 5) is 43.5. The molecule has 2 fully saturated rings. The van der Waals surface area contributed by atoms with Crippen molar-refractivity contribution in [1.82, 2.24) is 15.2 Å². The zero-order valence-corrected chi connectivity index (χ0v) is 18.2. The van der Waals surface area contributed by atoms with Crippen molar-refractivity contribution in [3.8, 4) is 0 Å². The van der Waals surface area contributed by atoms with Gasteiger partial charge in [-0.3, -0.25) is 14.4 Å². The first-order valence-electron chi connectivity index (χ1n) is 10.8. The van der Waals surface area contributed by atoms with Crippen LogP contribution in [0.15, 0.2) is 5.38 Å². The van der Waals surface area contributed by atoms with Crippen LogP contribution < -0.4 is 10.6 Å². The van der Waals surface area contributed by atoms with Crippen LogP contribution in [0.1, 0.15) is 70.9 Å². The maximum Gasteiger partial charge on any atom is 0.245 e. The van der Waals surface area contributed by atoms with Crippen LogP contribution in [0.25, 0.3) is 0 Å². The molecule has 2 N–H and O–H groups in total. The van der Waals surface area contributed by atoms with Gasteiger partial charge in [0, 0.05) is 23.4 Å². The number of rotatable bonds is 9. The number of hydrogen-bond donors (Lipinski definition) is 2. The molecule has 1 aromatic rings. The van der Waals surface area contributed by atoms with Gasteiger partial charge in [0.25, 0.3) is 0 Å². The first kappa shape index (κ1) is 21.7. The van der Waals surface area contributed by atoms with E-state index in [1.54, 1.807) is 10.3 Å². The van der Waals surface area contributed by atoms with Crippen molar-refractivity contribution in [3.05, 3.63) is 11.1 Å². The Morgan fingerprint density at radius 1 is 1.17 bits per heavy atom. The van der Waals surface area contributed by atoms with Crippen LogP contribution in [0.4, 0.5) is 5.13 Å². The molecule has 0 saturated heterocycles. The van der Waals surface area contributed by atoms with E-state index in [0.29, 0.717) is 10.8 Å². The molecule has 0 spiro atoms. The standard InChI is InChI=1S/C21H32N4O3S/c1-3-14(2)22-18(26)11-16-13-29-21(23-16)24-19(27)12-25(17-9-10-17)20(28)15-7-5-4-6-8-15/h13-15,17H,3-12H2,1-2H3,(H,22,26)(H,23,24,27). The molecule has 2 saturated carbocycles. The highest BCUT2D eigenvalue weighted by Crippen LogP contribution is 2.32. The van der Waals surface area contributed by atoms with Crippen molar-refractivity contribution in [1.29, 1.82) is 0 Å². The van der Waals surface area contributed by atoms with Gasteiger partial charge < -0.3 is 15.5 Å². The molecule has 0 radical (unpaired) electrons. The van der Waals surface area contributed by atoms with Crippen molar-refractivity contribution in [3.63, 3.8) is 0 Å². The summed E-state index contributed by atoms with van der Waals surface area (Å²) in [6.45, 7) is 4.07. The van der Waals surface area contributed by atoms with Crippen LogP contribution in [-0.4, -0.2) is 46.2 Å². The molecule has 160 valence electrons. The maximum atomic E-state index is 12.9. The highest BCUT2D eigenvalue weighted by atomic mass is 32.1. The molecule has 0 aliphatic heterocycles. The molecule has 8 heteroatoms. The minimum atomic E-state index is -0.217. The Morgan fingerprint density at radius 2 is 1.90 bits per heavy atom. The lowest BCUT2D eigenvalue weighted by Crippen LogP contribution is -2.43. The fraction of sp³-hybridized carbons (Fsp3) is 0.714. The second-order valence-corrected chi connectivity index (χ2v) is 9.14. The summed E-state index contributed by atoms with van der Waals surface area (Å²) in [5.74, 6) is -0.0666. The maximum absolute atomic E-state index is 12.9. The third-order valence-electron chi connectivity index (χ3n) is 5.70. The number of anilines is 1. The van der Waals surface area contributed by atoms with E-state index in [0.717, 1.165) is 44.9 Å². The van der Waals surface area contributed by atoms with Crippen molar-refractivity contribution < 1.29 is 14.4 Å². The van der Waals surface area contributed by atoms with E-state index in [2.05, 4.69) is 15.6 Å². The van der Waals surface area contributed by atoms with Gasteiger partial charge in [-0.25, -0.2) is 4.98 Å². The minimum absolute atomic E-state index is 0.0690. The molecular formula is C21H32N4O3S. The minimum Gasteiger partial charge on any atom is -0.353 e. The summed E-state index contributed by atoms with van der Waals surface area (Å²) < 4.78 is 0. The van der Waals surface area contributed by atoms with Crippen molar-refractivity contribution >= 4 is 34.2 Å². The highest BCUT2D eigenvalue weighted by Gasteiger charge is 2.37. The van der Waals surface area contributed by atoms with Crippen LogP contribution in [0.5, 0.6) is 0 Å². The van der Waals surface area contributed by atoms with E-state index >= 15 is 0 Å². The Labute approximate surface area is 176 Å². The zero-order valence-electron chi connectivity index (χ0n) is 17.4. The van der Waals surface area contributed by atoms with E-state index in [1.165, 1.54) is 17.8 Å². The lowest BCUT2D eigenvalue weighted by molar-refractivity contribution is -0.139. The van der Waals surface area contributed by atoms with Crippen molar-refractivity contribution in [2.75, 3.05) is 11.9 Å². The van der Waals surface area contributed by atoms with Crippen molar-refractivity contribution in [2.45, 2.75) is 83.7 Å². The SMILES string of the molecule is CCC(C)NC(=O)Cc1csc(NC(=O)CN(C(=O)C2CCCCC2)C2CC2)n1. The lowest BCUT2D eigenvalue weighted by Gasteiger charge is -2.28. The number of aromatic nitrogens is 1. The molecule has 1 atom stereocenters. The number of carbonyl (C=O) groups excluding carboxylic acids is 3. The Bertz CT molecular complexity index is 725. The number of thiazole rings is 1. The molecule has 1 heterocycles. The lowest BCUT2D eigenvalue weighted by atomic mass is 9.88. The molecule has 29 heavy (non-hydrogen) atoms. The second-order valence-electron chi connectivity index (χ2n) is 8.28. The van der Waals surface area contributed by atoms with Crippen LogP contribution in [-0.2, 0) is 20.8 Å². The van der Waals surface area contributed by atoms with Gasteiger partial charge in [0.1, 0.15) is 6.54 Å². The summed E-state index contributed by atoms with van der Waals surface area (Å²) in [6.07, 6.45) is 8.34. The summed E-state index contributed by atoms with van der Waals surface area (Å²) in [5.41, 5.74) is 0.642. The Morgan fingerprint density at radius 3 is 2.55 bits per heavy atom. The quantitative estimate of drug-likeness (QED) is 0.642. The van der Waals surface area contributed by atoms with Crippen LogP contribution in [0.3, 0.4) is 0 Å². The van der Waals surface area contributed by atoms with Crippen LogP contribution in [0, 0.1) is 5.92 Å². The summed E-state index contributed by atoms with van der Waals surface area (Å²) in [7, 11) is 0. The Balaban J connectivity index is 1.51. The number of nitrogens with zero attached hydrogens (tertiary/aromatic N) is 2. The molecule has 0 bridgehead atoms. The topological polar surface area (TPSA) is 91.4 Å². The fourth-order valence-electron chi connectivity index (χ4n) is 3.71. The molecule has 3 rings (SSSR count). The van der Waals surface area contributed by atoms with Gasteiger partial charge in [-0.15, -0.1) is 11.3 Å². The van der Waals surface area contributed by atoms with Gasteiger partial charge in [-0.05, 0) is 39.0 Å². The van der Waals surface area contributed by atoms with E-state index in [1.807, 2.05) is 13.8 Å². The monoisotopic (exact) mass is 420 g/mol. The zero-order chi connectivity index (χ0) is 20.8. The van der Waals surface area contributed by atoms with Gasteiger partial charge in [0.15, 0.2) is 5.13 Å². The molecule has 1 aromatic heterocycles. The largest absolute Gasteiger partial charge is 0.353 e. The van der Waals surface area contributed by atoms with E-state index < -0.39 is 0 Å². The van der Waals surface area contributed by atoms with E-state index in [4.69, 9.17) is 0 Å². The normalized spacial score (nSPS) is 18.1. The van der Waals surface area contributed by atoms with Gasteiger partial charge in [0.2, 0.25) is 17.7 Å². The molecular weight excluding hydrogens is 388 g/mol. The number of amides is 3. The molecule has 2 aliphatic carbocycles. The highest BCUT2D eigenvalue weighted by molar-refractivity contribution is 7.13. The second kappa shape index (κ2) is 10.2. The number of nitrogens with one attached hydrogen (secondary N) is 2. The fourth-order valence-corrected chi connectivity index (χ4v) is 4.44. The summed E-state index contributed by atoms with van der Waals surface area (Å²) in [5, 5.41) is 7.98. The number of carbonyl (C=O) groups is 3. The number of hydrogen-bond acceptors (Lipinski definition) is 5. The van der Waals surface area contributed by atoms with Gasteiger partial charge in [-0.1, -0.05) is 26.2 Å². The van der Waals surface area contributed by atoms with Gasteiger partial charge >= 0.3 is 0 Å². The molecule has 3 amide bonds. The van der Waals surface area contributed by atoms with E-state index in [9.17, 15) is 14.4 Å². The molecule has 2 aliphatic rings. The predicted molar refractivity (Wildman–Crippen MR) is 114 cm³/mol. The third kappa shape index (κ3) is 6.52. The van der Waals surface area contributed by atoms with Crippen LogP contribution in [0.2, 0.25) is 0 Å². The van der Waals surface area contributed by atoms with Gasteiger partial charge in [0.05, 0.1) is 12.1 Å². The third-order valence-corrected chi connectivity index (χ3v) is 6.51. The summed E-state index contributed by atoms with van der Waals surface area (Å²) >= 11 is 1.31. The molecule has 0 aromatic carbocycles. The van der Waals surface area contributed by atoms with Crippen LogP contribution >= 0.6 is 11.3 Å². The average Bonchev–Trinajstić information content (AvgIpc) is 3.47. The van der Waals surface area contributed by atoms with Gasteiger partial charge in [-0.2, -0.15) is 0 Å². The Kier molecular flexibility index (Phi) is 7.64. The summed E-state index contributed by atoms with van der Waals surface area (Å²) in [6, 6.07) is 0.349. The first-order valence-corrected chi connectivity index (χ1v) is 11.7. The molecule has 7 nitrogen and oxygen atoms in total. The Hall–Kier alpha value is -1.96. The molecule has 1 unspecified atom stereocenters. The van der Waals surface area contributed by atoms with Crippen molar-refractivity contribution in [2.24, 2.45) is 5.92 Å². The predicted octanol–water partition coefficient (Wildman–Crippen LogP) is 3.11. The van der Waals surface area contributed by atoms with E-state index in [-0.39, 0.29) is 48.7 Å². The smallest absolute Gasteiger partial charge is 0.245 e. The first-order chi connectivity index (χ1) is 14.0. The average molecular weight is 421 g/mol.